The third-order valence-corrected chi connectivity index (χ3v) is 3.44. The van der Waals surface area contributed by atoms with Crippen molar-refractivity contribution in [3.05, 3.63) is 58.1 Å². The van der Waals surface area contributed by atoms with Gasteiger partial charge in [0.25, 0.3) is 0 Å². The molecule has 0 saturated heterocycles. The molecule has 0 radical (unpaired) electrons. The Morgan fingerprint density at radius 3 is 2.50 bits per heavy atom. The van der Waals surface area contributed by atoms with Crippen molar-refractivity contribution in [2.24, 2.45) is 0 Å². The van der Waals surface area contributed by atoms with Crippen molar-refractivity contribution in [2.45, 2.75) is 13.8 Å². The first-order chi connectivity index (χ1) is 8.50. The molecule has 2 nitrogen and oxygen atoms in total. The molecule has 0 saturated carbocycles. The summed E-state index contributed by atoms with van der Waals surface area (Å²) in [6.07, 6.45) is 0. The summed E-state index contributed by atoms with van der Waals surface area (Å²) in [6, 6.07) is 10.7. The molecule has 0 aliphatic carbocycles. The van der Waals surface area contributed by atoms with Crippen molar-refractivity contribution < 1.29 is 9.90 Å². The van der Waals surface area contributed by atoms with Crippen molar-refractivity contribution in [2.75, 3.05) is 0 Å². The van der Waals surface area contributed by atoms with Crippen LogP contribution in [0.25, 0.3) is 11.1 Å². The van der Waals surface area contributed by atoms with Gasteiger partial charge < -0.3 is 5.11 Å². The molecule has 0 bridgehead atoms. The Morgan fingerprint density at radius 2 is 1.83 bits per heavy atom. The summed E-state index contributed by atoms with van der Waals surface area (Å²) in [7, 11) is 0. The Balaban J connectivity index is 2.66. The zero-order valence-electron chi connectivity index (χ0n) is 10.2. The molecular weight excluding hydrogens is 248 g/mol. The fraction of sp³-hybridized carbons (Fsp3) is 0.133. The van der Waals surface area contributed by atoms with Gasteiger partial charge in [-0.2, -0.15) is 0 Å². The fourth-order valence-corrected chi connectivity index (χ4v) is 2.13. The van der Waals surface area contributed by atoms with E-state index in [1.54, 1.807) is 12.1 Å². The highest BCUT2D eigenvalue weighted by atomic mass is 35.5. The maximum atomic E-state index is 11.0. The monoisotopic (exact) mass is 260 g/mol. The Morgan fingerprint density at radius 1 is 1.11 bits per heavy atom. The SMILES string of the molecule is Cc1cccc(-c2cc(C(=O)O)ccc2Cl)c1C. The molecular formula is C15H13ClO2. The lowest BCUT2D eigenvalue weighted by molar-refractivity contribution is 0.0697. The lowest BCUT2D eigenvalue weighted by atomic mass is 9.96. The van der Waals surface area contributed by atoms with E-state index in [1.807, 2.05) is 32.0 Å². The molecule has 18 heavy (non-hydrogen) atoms. The van der Waals surface area contributed by atoms with Gasteiger partial charge >= 0.3 is 5.97 Å². The summed E-state index contributed by atoms with van der Waals surface area (Å²) in [5.41, 5.74) is 4.25. The quantitative estimate of drug-likeness (QED) is 0.873. The highest BCUT2D eigenvalue weighted by Gasteiger charge is 2.11. The highest BCUT2D eigenvalue weighted by Crippen LogP contribution is 2.32. The first-order valence-corrected chi connectivity index (χ1v) is 5.98. The van der Waals surface area contributed by atoms with E-state index in [-0.39, 0.29) is 5.56 Å². The van der Waals surface area contributed by atoms with E-state index in [9.17, 15) is 4.79 Å². The number of hydrogen-bond acceptors (Lipinski definition) is 1. The number of aryl methyl sites for hydroxylation is 1. The van der Waals surface area contributed by atoms with Crippen molar-refractivity contribution >= 4 is 17.6 Å². The van der Waals surface area contributed by atoms with Crippen LogP contribution in [-0.4, -0.2) is 11.1 Å². The van der Waals surface area contributed by atoms with Crippen LogP contribution in [0.4, 0.5) is 0 Å². The second-order valence-corrected chi connectivity index (χ2v) is 4.65. The summed E-state index contributed by atoms with van der Waals surface area (Å²) in [6.45, 7) is 4.03. The summed E-state index contributed by atoms with van der Waals surface area (Å²) >= 11 is 6.17. The molecule has 0 heterocycles. The van der Waals surface area contributed by atoms with Crippen LogP contribution >= 0.6 is 11.6 Å². The molecule has 0 aliphatic rings. The van der Waals surface area contributed by atoms with Gasteiger partial charge in [-0.05, 0) is 48.7 Å². The van der Waals surface area contributed by atoms with Gasteiger partial charge in [0.2, 0.25) is 0 Å². The Hall–Kier alpha value is -1.80. The zero-order valence-corrected chi connectivity index (χ0v) is 11.0. The number of carboxylic acids is 1. The second-order valence-electron chi connectivity index (χ2n) is 4.25. The molecule has 92 valence electrons. The summed E-state index contributed by atoms with van der Waals surface area (Å²) in [5, 5.41) is 9.59. The molecule has 2 rings (SSSR count). The van der Waals surface area contributed by atoms with Gasteiger partial charge in [-0.3, -0.25) is 0 Å². The summed E-state index contributed by atoms with van der Waals surface area (Å²) in [4.78, 5) is 11.0. The molecule has 2 aromatic rings. The Labute approximate surface area is 111 Å². The van der Waals surface area contributed by atoms with Gasteiger partial charge in [0.15, 0.2) is 0 Å². The fourth-order valence-electron chi connectivity index (χ4n) is 1.91. The first-order valence-electron chi connectivity index (χ1n) is 5.60. The van der Waals surface area contributed by atoms with Gasteiger partial charge in [0.1, 0.15) is 0 Å². The molecule has 0 atom stereocenters. The van der Waals surface area contributed by atoms with E-state index in [0.29, 0.717) is 5.02 Å². The van der Waals surface area contributed by atoms with Crippen molar-refractivity contribution in [3.8, 4) is 11.1 Å². The van der Waals surface area contributed by atoms with Crippen molar-refractivity contribution in [1.82, 2.24) is 0 Å². The van der Waals surface area contributed by atoms with Gasteiger partial charge in [-0.25, -0.2) is 4.79 Å². The van der Waals surface area contributed by atoms with Crippen LogP contribution < -0.4 is 0 Å². The standard InChI is InChI=1S/C15H13ClO2/c1-9-4-3-5-12(10(9)2)13-8-11(15(17)18)6-7-14(13)16/h3-8H,1-2H3,(H,17,18). The Bertz CT molecular complexity index is 618. The lowest BCUT2D eigenvalue weighted by Gasteiger charge is -2.11. The van der Waals surface area contributed by atoms with Crippen LogP contribution in [0.1, 0.15) is 21.5 Å². The minimum atomic E-state index is -0.946. The van der Waals surface area contributed by atoms with E-state index >= 15 is 0 Å². The average molecular weight is 261 g/mol. The van der Waals surface area contributed by atoms with Crippen LogP contribution in [0.3, 0.4) is 0 Å². The van der Waals surface area contributed by atoms with Gasteiger partial charge in [0.05, 0.1) is 5.56 Å². The van der Waals surface area contributed by atoms with Crippen LogP contribution in [-0.2, 0) is 0 Å². The summed E-state index contributed by atoms with van der Waals surface area (Å²) in [5.74, 6) is -0.946. The largest absolute Gasteiger partial charge is 0.478 e. The maximum Gasteiger partial charge on any atom is 0.335 e. The van der Waals surface area contributed by atoms with Crippen LogP contribution in [0, 0.1) is 13.8 Å². The number of benzene rings is 2. The zero-order chi connectivity index (χ0) is 13.3. The number of carboxylic acid groups (broad SMARTS) is 1. The molecule has 1 N–H and O–H groups in total. The summed E-state index contributed by atoms with van der Waals surface area (Å²) < 4.78 is 0. The van der Waals surface area contributed by atoms with E-state index in [0.717, 1.165) is 22.3 Å². The van der Waals surface area contributed by atoms with Crippen molar-refractivity contribution in [3.63, 3.8) is 0 Å². The smallest absolute Gasteiger partial charge is 0.335 e. The second kappa shape index (κ2) is 4.83. The van der Waals surface area contributed by atoms with E-state index in [1.165, 1.54) is 6.07 Å². The van der Waals surface area contributed by atoms with Crippen LogP contribution in [0.5, 0.6) is 0 Å². The van der Waals surface area contributed by atoms with E-state index in [4.69, 9.17) is 16.7 Å². The van der Waals surface area contributed by atoms with Gasteiger partial charge in [-0.1, -0.05) is 29.8 Å². The van der Waals surface area contributed by atoms with Gasteiger partial charge in [-0.15, -0.1) is 0 Å². The van der Waals surface area contributed by atoms with Gasteiger partial charge in [0, 0.05) is 10.6 Å². The highest BCUT2D eigenvalue weighted by molar-refractivity contribution is 6.33. The minimum absolute atomic E-state index is 0.246. The number of hydrogen-bond donors (Lipinski definition) is 1. The van der Waals surface area contributed by atoms with Crippen molar-refractivity contribution in [1.29, 1.82) is 0 Å². The normalized spacial score (nSPS) is 10.4. The topological polar surface area (TPSA) is 37.3 Å². The number of halogens is 1. The number of rotatable bonds is 2. The molecule has 0 aliphatic heterocycles. The van der Waals surface area contributed by atoms with E-state index < -0.39 is 5.97 Å². The molecule has 2 aromatic carbocycles. The minimum Gasteiger partial charge on any atom is -0.478 e. The third-order valence-electron chi connectivity index (χ3n) is 3.11. The average Bonchev–Trinajstić information content (AvgIpc) is 2.33. The van der Waals surface area contributed by atoms with E-state index in [2.05, 4.69) is 0 Å². The number of carbonyl (C=O) groups is 1. The molecule has 0 amide bonds. The van der Waals surface area contributed by atoms with Crippen LogP contribution in [0.2, 0.25) is 5.02 Å². The predicted molar refractivity (Wildman–Crippen MR) is 73.3 cm³/mol. The molecule has 0 spiro atoms. The lowest BCUT2D eigenvalue weighted by Crippen LogP contribution is -1.97. The first kappa shape index (κ1) is 12.7. The Kier molecular flexibility index (Phi) is 3.39. The van der Waals surface area contributed by atoms with Crippen LogP contribution in [0.15, 0.2) is 36.4 Å². The maximum absolute atomic E-state index is 11.0. The molecule has 0 unspecified atom stereocenters. The predicted octanol–water partition coefficient (Wildman–Crippen LogP) is 4.32. The molecule has 3 heteroatoms. The molecule has 0 fully saturated rings. The third kappa shape index (κ3) is 2.24. The number of aromatic carboxylic acids is 1. The molecule has 0 aromatic heterocycles.